The van der Waals surface area contributed by atoms with Gasteiger partial charge in [-0.2, -0.15) is 4.80 Å². The van der Waals surface area contributed by atoms with E-state index in [1.807, 2.05) is 24.3 Å². The van der Waals surface area contributed by atoms with Crippen LogP contribution < -0.4 is 0 Å². The molecule has 0 saturated heterocycles. The van der Waals surface area contributed by atoms with E-state index in [1.165, 1.54) is 5.57 Å². The number of fused-ring (bicyclic) bond motifs is 1. The van der Waals surface area contributed by atoms with Gasteiger partial charge in [0.05, 0.1) is 5.70 Å². The van der Waals surface area contributed by atoms with Crippen LogP contribution in [0.15, 0.2) is 42.5 Å². The molecule has 0 amide bonds. The minimum atomic E-state index is 0.0260. The minimum absolute atomic E-state index is 0.0260. The van der Waals surface area contributed by atoms with Gasteiger partial charge in [-0.25, -0.2) is 0 Å². The molecule has 2 rings (SSSR count). The highest BCUT2D eigenvalue weighted by Crippen LogP contribution is 2.36. The van der Waals surface area contributed by atoms with E-state index in [-0.39, 0.29) is 5.41 Å². The maximum absolute atomic E-state index is 4.61. The highest BCUT2D eigenvalue weighted by molar-refractivity contribution is 5.74. The Morgan fingerprint density at radius 3 is 2.18 bits per heavy atom. The first kappa shape index (κ1) is 16.5. The van der Waals surface area contributed by atoms with Gasteiger partial charge in [-0.3, -0.25) is 0 Å². The highest BCUT2D eigenvalue weighted by Gasteiger charge is 2.26. The maximum Gasteiger partial charge on any atom is 0.113 e. The van der Waals surface area contributed by atoms with E-state index < -0.39 is 0 Å². The number of rotatable bonds is 6. The average Bonchev–Trinajstić information content (AvgIpc) is 2.94. The third kappa shape index (κ3) is 3.29. The summed E-state index contributed by atoms with van der Waals surface area (Å²) < 4.78 is 0. The smallest absolute Gasteiger partial charge is 0.113 e. The van der Waals surface area contributed by atoms with Crippen molar-refractivity contribution in [2.45, 2.75) is 47.5 Å². The Morgan fingerprint density at radius 2 is 1.73 bits per heavy atom. The Balaban J connectivity index is 2.39. The molecular formula is C19H27N3. The standard InChI is InChI=1S/C19H27N3/c1-7-14(3)15(4)19(5,6)13-16(8-2)22-20-17-11-9-10-12-18(17)21-22/h9-13,15H,3,7-8H2,1-2,4-6H3/b16-13+. The lowest BCUT2D eigenvalue weighted by molar-refractivity contribution is 0.346. The molecule has 2 aromatic rings. The van der Waals surface area contributed by atoms with Crippen LogP contribution in [0.3, 0.4) is 0 Å². The summed E-state index contributed by atoms with van der Waals surface area (Å²) in [4.78, 5) is 1.79. The van der Waals surface area contributed by atoms with Crippen molar-refractivity contribution in [3.8, 4) is 0 Å². The lowest BCUT2D eigenvalue weighted by Gasteiger charge is -2.31. The summed E-state index contributed by atoms with van der Waals surface area (Å²) in [6, 6.07) is 7.99. The fourth-order valence-electron chi connectivity index (χ4n) is 2.68. The summed E-state index contributed by atoms with van der Waals surface area (Å²) in [5.41, 5.74) is 4.32. The first-order valence-corrected chi connectivity index (χ1v) is 8.11. The van der Waals surface area contributed by atoms with E-state index >= 15 is 0 Å². The van der Waals surface area contributed by atoms with Crippen molar-refractivity contribution in [1.29, 1.82) is 0 Å². The molecule has 0 saturated carbocycles. The normalized spacial score (nSPS) is 14.3. The summed E-state index contributed by atoms with van der Waals surface area (Å²) in [5, 5.41) is 9.21. The lowest BCUT2D eigenvalue weighted by atomic mass is 9.75. The summed E-state index contributed by atoms with van der Waals surface area (Å²) in [7, 11) is 0. The topological polar surface area (TPSA) is 30.7 Å². The molecule has 0 aliphatic rings. The van der Waals surface area contributed by atoms with E-state index in [0.29, 0.717) is 5.92 Å². The number of nitrogens with zero attached hydrogens (tertiary/aromatic N) is 3. The quantitative estimate of drug-likeness (QED) is 0.676. The van der Waals surface area contributed by atoms with Crippen LogP contribution in [0.25, 0.3) is 16.7 Å². The van der Waals surface area contributed by atoms with Crippen molar-refractivity contribution in [3.63, 3.8) is 0 Å². The van der Waals surface area contributed by atoms with Crippen LogP contribution in [-0.2, 0) is 0 Å². The Hall–Kier alpha value is -1.90. The fraction of sp³-hybridized carbons (Fsp3) is 0.474. The Morgan fingerprint density at radius 1 is 1.18 bits per heavy atom. The number of hydrogen-bond acceptors (Lipinski definition) is 2. The largest absolute Gasteiger partial charge is 0.155 e. The van der Waals surface area contributed by atoms with Crippen molar-refractivity contribution >= 4 is 16.7 Å². The molecule has 22 heavy (non-hydrogen) atoms. The second-order valence-corrected chi connectivity index (χ2v) is 6.52. The van der Waals surface area contributed by atoms with Crippen LogP contribution in [0.4, 0.5) is 0 Å². The zero-order valence-electron chi connectivity index (χ0n) is 14.4. The molecule has 118 valence electrons. The molecule has 0 radical (unpaired) electrons. The predicted molar refractivity (Wildman–Crippen MR) is 94.5 cm³/mol. The van der Waals surface area contributed by atoms with Gasteiger partial charge in [-0.15, -0.1) is 10.2 Å². The molecule has 3 heteroatoms. The van der Waals surface area contributed by atoms with Gasteiger partial charge < -0.3 is 0 Å². The van der Waals surface area contributed by atoms with Crippen LogP contribution in [0.5, 0.6) is 0 Å². The molecule has 1 aromatic carbocycles. The Labute approximate surface area is 133 Å². The van der Waals surface area contributed by atoms with Crippen LogP contribution in [0.1, 0.15) is 47.5 Å². The molecule has 1 aromatic heterocycles. The summed E-state index contributed by atoms with van der Waals surface area (Å²) in [5.74, 6) is 0.420. The third-order valence-corrected chi connectivity index (χ3v) is 4.63. The van der Waals surface area contributed by atoms with E-state index in [1.54, 1.807) is 4.80 Å². The fourth-order valence-corrected chi connectivity index (χ4v) is 2.68. The lowest BCUT2D eigenvalue weighted by Crippen LogP contribution is -2.22. The molecule has 1 heterocycles. The molecule has 0 aliphatic heterocycles. The van der Waals surface area contributed by atoms with Crippen LogP contribution in [0.2, 0.25) is 0 Å². The minimum Gasteiger partial charge on any atom is -0.155 e. The van der Waals surface area contributed by atoms with E-state index in [4.69, 9.17) is 0 Å². The number of allylic oxidation sites excluding steroid dienone is 3. The van der Waals surface area contributed by atoms with Gasteiger partial charge in [0.15, 0.2) is 0 Å². The van der Waals surface area contributed by atoms with Crippen molar-refractivity contribution in [2.24, 2.45) is 11.3 Å². The monoisotopic (exact) mass is 297 g/mol. The van der Waals surface area contributed by atoms with Gasteiger partial charge in [-0.05, 0) is 36.3 Å². The Kier molecular flexibility index (Phi) is 4.84. The van der Waals surface area contributed by atoms with E-state index in [0.717, 1.165) is 29.6 Å². The zero-order chi connectivity index (χ0) is 16.3. The molecule has 0 N–H and O–H groups in total. The molecule has 0 aliphatic carbocycles. The van der Waals surface area contributed by atoms with Crippen LogP contribution in [0, 0.1) is 11.3 Å². The van der Waals surface area contributed by atoms with Crippen molar-refractivity contribution in [1.82, 2.24) is 15.0 Å². The van der Waals surface area contributed by atoms with Gasteiger partial charge in [0.1, 0.15) is 11.0 Å². The second kappa shape index (κ2) is 6.47. The molecule has 0 spiro atoms. The Bertz CT molecular complexity index is 659. The van der Waals surface area contributed by atoms with Crippen LogP contribution in [-0.4, -0.2) is 15.0 Å². The molecule has 0 fully saturated rings. The highest BCUT2D eigenvalue weighted by atomic mass is 15.5. The average molecular weight is 297 g/mol. The summed E-state index contributed by atoms with van der Waals surface area (Å²) in [6.45, 7) is 15.3. The molecule has 1 unspecified atom stereocenters. The van der Waals surface area contributed by atoms with Gasteiger partial charge in [0, 0.05) is 0 Å². The molecule has 3 nitrogen and oxygen atoms in total. The predicted octanol–water partition coefficient (Wildman–Crippen LogP) is 5.31. The first-order chi connectivity index (χ1) is 10.4. The number of hydrogen-bond donors (Lipinski definition) is 0. The maximum atomic E-state index is 4.61. The van der Waals surface area contributed by atoms with E-state index in [9.17, 15) is 0 Å². The van der Waals surface area contributed by atoms with Crippen molar-refractivity contribution in [3.05, 3.63) is 42.5 Å². The molecule has 0 bridgehead atoms. The molecular weight excluding hydrogens is 270 g/mol. The SMILES string of the molecule is C=C(CC)C(C)C(C)(C)/C=C(\CC)n1nc2ccccc2n1. The van der Waals surface area contributed by atoms with Gasteiger partial charge in [-0.1, -0.05) is 65.0 Å². The second-order valence-electron chi connectivity index (χ2n) is 6.52. The van der Waals surface area contributed by atoms with Gasteiger partial charge >= 0.3 is 0 Å². The summed E-state index contributed by atoms with van der Waals surface area (Å²) >= 11 is 0. The summed E-state index contributed by atoms with van der Waals surface area (Å²) in [6.07, 6.45) is 4.22. The van der Waals surface area contributed by atoms with Crippen LogP contribution >= 0.6 is 0 Å². The first-order valence-electron chi connectivity index (χ1n) is 8.11. The number of benzene rings is 1. The zero-order valence-corrected chi connectivity index (χ0v) is 14.4. The van der Waals surface area contributed by atoms with E-state index in [2.05, 4.69) is 57.5 Å². The van der Waals surface area contributed by atoms with Crippen molar-refractivity contribution < 1.29 is 0 Å². The third-order valence-electron chi connectivity index (χ3n) is 4.63. The molecule has 1 atom stereocenters. The van der Waals surface area contributed by atoms with Crippen molar-refractivity contribution in [2.75, 3.05) is 0 Å². The van der Waals surface area contributed by atoms with Gasteiger partial charge in [0.2, 0.25) is 0 Å². The number of aromatic nitrogens is 3. The van der Waals surface area contributed by atoms with Gasteiger partial charge in [0.25, 0.3) is 0 Å².